The van der Waals surface area contributed by atoms with Gasteiger partial charge in [0, 0.05) is 4.47 Å². The Morgan fingerprint density at radius 2 is 2.00 bits per heavy atom. The van der Waals surface area contributed by atoms with E-state index in [-0.39, 0.29) is 11.3 Å². The molecule has 0 fully saturated rings. The Bertz CT molecular complexity index is 354. The third-order valence-electron chi connectivity index (χ3n) is 1.65. The number of hydrogen-bond acceptors (Lipinski definition) is 2. The van der Waals surface area contributed by atoms with E-state index in [1.807, 2.05) is 13.8 Å². The summed E-state index contributed by atoms with van der Waals surface area (Å²) in [7, 11) is 0. The molecule has 0 aliphatic carbocycles. The number of nitrogen functional groups attached to an aromatic ring is 1. The van der Waals surface area contributed by atoms with E-state index in [4.69, 9.17) is 10.8 Å². The molecule has 0 radical (unpaired) electrons. The predicted molar refractivity (Wildman–Crippen MR) is 61.6 cm³/mol. The van der Waals surface area contributed by atoms with Crippen molar-refractivity contribution in [3.05, 3.63) is 27.5 Å². The quantitative estimate of drug-likeness (QED) is 0.775. The second kappa shape index (κ2) is 5.70. The third kappa shape index (κ3) is 2.92. The maximum Gasteiger partial charge on any atom is 0.339 e. The Morgan fingerprint density at radius 3 is 2.40 bits per heavy atom. The minimum absolute atomic E-state index is 0.225. The second-order valence-electron chi connectivity index (χ2n) is 2.58. The highest BCUT2D eigenvalue weighted by atomic mass is 79.9. The maximum atomic E-state index is 13.0. The fourth-order valence-corrected chi connectivity index (χ4v) is 1.47. The smallest absolute Gasteiger partial charge is 0.339 e. The zero-order valence-electron chi connectivity index (χ0n) is 8.77. The molecule has 1 aromatic carbocycles. The molecule has 0 heterocycles. The van der Waals surface area contributed by atoms with Gasteiger partial charge in [-0.05, 0) is 34.5 Å². The fraction of sp³-hybridized carbons (Fsp3) is 0.300. The van der Waals surface area contributed by atoms with Crippen LogP contribution in [0.4, 0.5) is 10.1 Å². The highest BCUT2D eigenvalue weighted by Crippen LogP contribution is 2.28. The van der Waals surface area contributed by atoms with Crippen LogP contribution in [0.25, 0.3) is 0 Å². The van der Waals surface area contributed by atoms with E-state index < -0.39 is 11.8 Å². The van der Waals surface area contributed by atoms with Crippen molar-refractivity contribution in [1.82, 2.24) is 0 Å². The molecule has 1 aromatic rings. The van der Waals surface area contributed by atoms with Gasteiger partial charge in [-0.3, -0.25) is 0 Å². The molecule has 3 N–H and O–H groups in total. The summed E-state index contributed by atoms with van der Waals surface area (Å²) in [4.78, 5) is 10.7. The summed E-state index contributed by atoms with van der Waals surface area (Å²) in [6.07, 6.45) is 0. The molecule has 5 heteroatoms. The molecule has 1 rings (SSSR count). The third-order valence-corrected chi connectivity index (χ3v) is 2.67. The van der Waals surface area contributed by atoms with Crippen LogP contribution in [0.3, 0.4) is 0 Å². The molecule has 0 aliphatic heterocycles. The van der Waals surface area contributed by atoms with Crippen LogP contribution in [0.1, 0.15) is 29.8 Å². The molecule has 0 saturated heterocycles. The molecule has 0 unspecified atom stereocenters. The Kier molecular flexibility index (Phi) is 5.28. The number of aromatic carboxylic acids is 1. The summed E-state index contributed by atoms with van der Waals surface area (Å²) < 4.78 is 13.3. The summed E-state index contributed by atoms with van der Waals surface area (Å²) in [5, 5.41) is 8.72. The van der Waals surface area contributed by atoms with Crippen LogP contribution in [-0.2, 0) is 0 Å². The normalized spacial score (nSPS) is 9.13. The fourth-order valence-electron chi connectivity index (χ4n) is 0.975. The van der Waals surface area contributed by atoms with E-state index in [0.29, 0.717) is 10.0 Å². The summed E-state index contributed by atoms with van der Waals surface area (Å²) >= 11 is 3.04. The first-order chi connectivity index (χ1) is 6.95. The molecule has 0 amide bonds. The molecule has 0 aliphatic rings. The van der Waals surface area contributed by atoms with E-state index in [9.17, 15) is 9.18 Å². The first-order valence-electron chi connectivity index (χ1n) is 4.42. The molecule has 0 aromatic heterocycles. The lowest BCUT2D eigenvalue weighted by atomic mass is 10.1. The number of nitrogens with two attached hydrogens (primary N) is 1. The monoisotopic (exact) mass is 277 g/mol. The maximum absolute atomic E-state index is 13.0. The van der Waals surface area contributed by atoms with Gasteiger partial charge in [-0.15, -0.1) is 0 Å². The van der Waals surface area contributed by atoms with Crippen molar-refractivity contribution in [3.8, 4) is 0 Å². The van der Waals surface area contributed by atoms with Crippen molar-refractivity contribution in [3.63, 3.8) is 0 Å². The highest BCUT2D eigenvalue weighted by Gasteiger charge is 2.17. The minimum atomic E-state index is -1.24. The van der Waals surface area contributed by atoms with Crippen LogP contribution in [0.15, 0.2) is 10.5 Å². The van der Waals surface area contributed by atoms with Gasteiger partial charge in [0.15, 0.2) is 0 Å². The average Bonchev–Trinajstić information content (AvgIpc) is 2.18. The van der Waals surface area contributed by atoms with Crippen molar-refractivity contribution in [2.75, 3.05) is 5.73 Å². The van der Waals surface area contributed by atoms with E-state index >= 15 is 0 Å². The summed E-state index contributed by atoms with van der Waals surface area (Å²) in [6.45, 7) is 5.60. The largest absolute Gasteiger partial charge is 0.478 e. The van der Waals surface area contributed by atoms with Crippen LogP contribution in [0, 0.1) is 12.7 Å². The number of carboxylic acids is 1. The van der Waals surface area contributed by atoms with Crippen molar-refractivity contribution in [2.45, 2.75) is 20.8 Å². The number of hydrogen-bond donors (Lipinski definition) is 2. The van der Waals surface area contributed by atoms with Gasteiger partial charge in [0.25, 0.3) is 0 Å². The predicted octanol–water partition coefficient (Wildman–Crippen LogP) is 3.20. The Balaban J connectivity index is 0.000000921. The number of anilines is 1. The first-order valence-corrected chi connectivity index (χ1v) is 5.21. The molecule has 0 saturated carbocycles. The Morgan fingerprint density at radius 1 is 1.53 bits per heavy atom. The summed E-state index contributed by atoms with van der Waals surface area (Å²) in [5.74, 6) is -1.95. The number of halogens is 2. The molecule has 0 atom stereocenters. The van der Waals surface area contributed by atoms with Crippen molar-refractivity contribution in [1.29, 1.82) is 0 Å². The molecular weight excluding hydrogens is 265 g/mol. The minimum Gasteiger partial charge on any atom is -0.478 e. The van der Waals surface area contributed by atoms with Crippen LogP contribution in [0.2, 0.25) is 0 Å². The zero-order chi connectivity index (χ0) is 12.2. The standard InChI is InChI=1S/C8H7BrFNO2.C2H6/c1-3-2-4(10)7(11)5(6(3)9)8(12)13;1-2/h2H,11H2,1H3,(H,12,13);1-2H3. The number of carbonyl (C=O) groups is 1. The first kappa shape index (κ1) is 13.9. The van der Waals surface area contributed by atoms with Gasteiger partial charge >= 0.3 is 5.97 Å². The van der Waals surface area contributed by atoms with Crippen molar-refractivity contribution < 1.29 is 14.3 Å². The van der Waals surface area contributed by atoms with Gasteiger partial charge < -0.3 is 10.8 Å². The van der Waals surface area contributed by atoms with Gasteiger partial charge in [0.05, 0.1) is 11.3 Å². The molecule has 84 valence electrons. The van der Waals surface area contributed by atoms with Crippen LogP contribution < -0.4 is 5.73 Å². The number of aryl methyl sites for hydroxylation is 1. The number of benzene rings is 1. The lowest BCUT2D eigenvalue weighted by Crippen LogP contribution is -2.07. The highest BCUT2D eigenvalue weighted by molar-refractivity contribution is 9.10. The van der Waals surface area contributed by atoms with Crippen LogP contribution >= 0.6 is 15.9 Å². The van der Waals surface area contributed by atoms with E-state index in [2.05, 4.69) is 15.9 Å². The van der Waals surface area contributed by atoms with Crippen molar-refractivity contribution >= 4 is 27.6 Å². The second-order valence-corrected chi connectivity index (χ2v) is 3.38. The lowest BCUT2D eigenvalue weighted by molar-refractivity contribution is 0.0696. The van der Waals surface area contributed by atoms with Gasteiger partial charge in [-0.1, -0.05) is 13.8 Å². The number of rotatable bonds is 1. The average molecular weight is 278 g/mol. The van der Waals surface area contributed by atoms with E-state index in [0.717, 1.165) is 0 Å². The van der Waals surface area contributed by atoms with Crippen LogP contribution in [0.5, 0.6) is 0 Å². The molecule has 3 nitrogen and oxygen atoms in total. The van der Waals surface area contributed by atoms with Crippen LogP contribution in [-0.4, -0.2) is 11.1 Å². The van der Waals surface area contributed by atoms with Crippen molar-refractivity contribution in [2.24, 2.45) is 0 Å². The zero-order valence-corrected chi connectivity index (χ0v) is 10.4. The Labute approximate surface area is 96.2 Å². The van der Waals surface area contributed by atoms with E-state index in [1.165, 1.54) is 6.07 Å². The van der Waals surface area contributed by atoms with E-state index in [1.54, 1.807) is 6.92 Å². The molecule has 15 heavy (non-hydrogen) atoms. The summed E-state index contributed by atoms with van der Waals surface area (Å²) in [6, 6.07) is 1.19. The SMILES string of the molecule is CC.Cc1cc(F)c(N)c(C(=O)O)c1Br. The van der Waals surface area contributed by atoms with Gasteiger partial charge in [0.2, 0.25) is 0 Å². The molecule has 0 spiro atoms. The van der Waals surface area contributed by atoms with Gasteiger partial charge in [-0.25, -0.2) is 9.18 Å². The van der Waals surface area contributed by atoms with Gasteiger partial charge in [0.1, 0.15) is 5.82 Å². The topological polar surface area (TPSA) is 63.3 Å². The van der Waals surface area contributed by atoms with Gasteiger partial charge in [-0.2, -0.15) is 0 Å². The molecular formula is C10H13BrFNO2. The number of carboxylic acid groups (broad SMARTS) is 1. The lowest BCUT2D eigenvalue weighted by Gasteiger charge is -2.07. The summed E-state index contributed by atoms with van der Waals surface area (Å²) in [5.41, 5.74) is 5.20. The molecule has 0 bridgehead atoms. The Hall–Kier alpha value is -1.10.